The fourth-order valence-corrected chi connectivity index (χ4v) is 2.52. The first-order chi connectivity index (χ1) is 9.56. The van der Waals surface area contributed by atoms with Crippen molar-refractivity contribution < 1.29 is 9.90 Å². The van der Waals surface area contributed by atoms with E-state index in [1.807, 2.05) is 4.90 Å². The van der Waals surface area contributed by atoms with E-state index < -0.39 is 0 Å². The highest BCUT2D eigenvalue weighted by Crippen LogP contribution is 2.30. The Labute approximate surface area is 119 Å². The number of nitrogens with zero attached hydrogens (tertiary/aromatic N) is 2. The summed E-state index contributed by atoms with van der Waals surface area (Å²) >= 11 is 0. The molecule has 0 unspecified atom stereocenters. The highest BCUT2D eigenvalue weighted by Gasteiger charge is 2.36. The molecule has 1 aliphatic heterocycles. The standard InChI is InChI=1S/C16H20N2O2/c1-16(2)8-5-10-18(16)15(20)14-7-9-17-12-13(14)6-3-4-11-19/h7,9,12,19H,4-5,8,10-11H2,1-2H3. The van der Waals surface area contributed by atoms with Gasteiger partial charge in [-0.1, -0.05) is 11.8 Å². The third kappa shape index (κ3) is 3.00. The summed E-state index contributed by atoms with van der Waals surface area (Å²) in [4.78, 5) is 18.6. The Morgan fingerprint density at radius 3 is 3.00 bits per heavy atom. The van der Waals surface area contributed by atoms with Crippen molar-refractivity contribution in [1.29, 1.82) is 0 Å². The molecule has 1 amide bonds. The van der Waals surface area contributed by atoms with Crippen molar-refractivity contribution >= 4 is 5.91 Å². The average molecular weight is 272 g/mol. The van der Waals surface area contributed by atoms with Gasteiger partial charge in [0.05, 0.1) is 17.7 Å². The molecule has 0 atom stereocenters. The molecule has 1 aromatic heterocycles. The fraction of sp³-hybridized carbons (Fsp3) is 0.500. The van der Waals surface area contributed by atoms with Crippen molar-refractivity contribution in [3.05, 3.63) is 29.6 Å². The third-order valence-electron chi connectivity index (χ3n) is 3.66. The van der Waals surface area contributed by atoms with Crippen molar-refractivity contribution in [3.63, 3.8) is 0 Å². The van der Waals surface area contributed by atoms with E-state index in [4.69, 9.17) is 5.11 Å². The number of likely N-dealkylation sites (tertiary alicyclic amines) is 1. The first-order valence-corrected chi connectivity index (χ1v) is 6.92. The number of amides is 1. The lowest BCUT2D eigenvalue weighted by molar-refractivity contribution is 0.0651. The molecular formula is C16H20N2O2. The average Bonchev–Trinajstić information content (AvgIpc) is 2.78. The van der Waals surface area contributed by atoms with Gasteiger partial charge in [-0.15, -0.1) is 0 Å². The molecular weight excluding hydrogens is 252 g/mol. The van der Waals surface area contributed by atoms with E-state index in [2.05, 4.69) is 30.7 Å². The van der Waals surface area contributed by atoms with Crippen LogP contribution in [0.4, 0.5) is 0 Å². The Morgan fingerprint density at radius 2 is 2.35 bits per heavy atom. The number of hydrogen-bond donors (Lipinski definition) is 1. The van der Waals surface area contributed by atoms with Crippen molar-refractivity contribution in [2.75, 3.05) is 13.2 Å². The summed E-state index contributed by atoms with van der Waals surface area (Å²) in [5.41, 5.74) is 1.13. The van der Waals surface area contributed by atoms with Crippen LogP contribution in [0.25, 0.3) is 0 Å². The van der Waals surface area contributed by atoms with Crippen LogP contribution in [-0.4, -0.2) is 39.6 Å². The van der Waals surface area contributed by atoms with Crippen LogP contribution in [-0.2, 0) is 0 Å². The first-order valence-electron chi connectivity index (χ1n) is 6.92. The minimum absolute atomic E-state index is 0.0169. The van der Waals surface area contributed by atoms with Crippen LogP contribution in [0.2, 0.25) is 0 Å². The highest BCUT2D eigenvalue weighted by molar-refractivity contribution is 5.97. The zero-order valence-electron chi connectivity index (χ0n) is 12.0. The highest BCUT2D eigenvalue weighted by atomic mass is 16.2. The van der Waals surface area contributed by atoms with E-state index in [9.17, 15) is 4.79 Å². The summed E-state index contributed by atoms with van der Waals surface area (Å²) in [7, 11) is 0. The molecule has 1 fully saturated rings. The van der Waals surface area contributed by atoms with E-state index in [0.717, 1.165) is 19.4 Å². The van der Waals surface area contributed by atoms with Gasteiger partial charge < -0.3 is 10.0 Å². The number of aliphatic hydroxyl groups excluding tert-OH is 1. The first kappa shape index (κ1) is 14.5. The van der Waals surface area contributed by atoms with Gasteiger partial charge in [-0.25, -0.2) is 0 Å². The topological polar surface area (TPSA) is 53.4 Å². The molecule has 4 heteroatoms. The third-order valence-corrected chi connectivity index (χ3v) is 3.66. The van der Waals surface area contributed by atoms with Crippen LogP contribution in [0.1, 0.15) is 49.0 Å². The van der Waals surface area contributed by atoms with Gasteiger partial charge in [-0.3, -0.25) is 9.78 Å². The van der Waals surface area contributed by atoms with Gasteiger partial charge in [-0.2, -0.15) is 0 Å². The second-order valence-corrected chi connectivity index (χ2v) is 5.57. The molecule has 20 heavy (non-hydrogen) atoms. The van der Waals surface area contributed by atoms with E-state index >= 15 is 0 Å². The minimum atomic E-state index is -0.101. The van der Waals surface area contributed by atoms with Gasteiger partial charge in [0, 0.05) is 30.9 Å². The lowest BCUT2D eigenvalue weighted by Gasteiger charge is -2.31. The van der Waals surface area contributed by atoms with Gasteiger partial charge in [-0.05, 0) is 32.8 Å². The fourth-order valence-electron chi connectivity index (χ4n) is 2.52. The summed E-state index contributed by atoms with van der Waals surface area (Å²) in [6, 6.07) is 1.72. The van der Waals surface area contributed by atoms with Crippen LogP contribution in [0.15, 0.2) is 18.5 Å². The van der Waals surface area contributed by atoms with E-state index in [1.165, 1.54) is 0 Å². The largest absolute Gasteiger partial charge is 0.395 e. The smallest absolute Gasteiger partial charge is 0.255 e. The molecule has 1 saturated heterocycles. The van der Waals surface area contributed by atoms with Crippen LogP contribution >= 0.6 is 0 Å². The molecule has 2 heterocycles. The Morgan fingerprint density at radius 1 is 1.55 bits per heavy atom. The van der Waals surface area contributed by atoms with Gasteiger partial charge in [0.1, 0.15) is 0 Å². The molecule has 0 radical (unpaired) electrons. The van der Waals surface area contributed by atoms with Crippen molar-refractivity contribution in [2.45, 2.75) is 38.6 Å². The zero-order valence-corrected chi connectivity index (χ0v) is 12.0. The van der Waals surface area contributed by atoms with Gasteiger partial charge >= 0.3 is 0 Å². The molecule has 1 aromatic rings. The Kier molecular flexibility index (Phi) is 4.41. The molecule has 0 saturated carbocycles. The second-order valence-electron chi connectivity index (χ2n) is 5.57. The van der Waals surface area contributed by atoms with Crippen LogP contribution < -0.4 is 0 Å². The lowest BCUT2D eigenvalue weighted by Crippen LogP contribution is -2.42. The normalized spacial score (nSPS) is 16.6. The Balaban J connectivity index is 2.29. The molecule has 0 spiro atoms. The van der Waals surface area contributed by atoms with Crippen molar-refractivity contribution in [2.24, 2.45) is 0 Å². The molecule has 1 N–H and O–H groups in total. The van der Waals surface area contributed by atoms with E-state index in [0.29, 0.717) is 17.5 Å². The Bertz CT molecular complexity index is 555. The quantitative estimate of drug-likeness (QED) is 0.836. The number of hydrogen-bond acceptors (Lipinski definition) is 3. The van der Waals surface area contributed by atoms with Crippen molar-refractivity contribution in [3.8, 4) is 11.8 Å². The maximum absolute atomic E-state index is 12.7. The SMILES string of the molecule is CC1(C)CCCN1C(=O)c1ccncc1C#CCCO. The van der Waals surface area contributed by atoms with Crippen LogP contribution in [0, 0.1) is 11.8 Å². The lowest BCUT2D eigenvalue weighted by atomic mass is 10.0. The number of aromatic nitrogens is 1. The summed E-state index contributed by atoms with van der Waals surface area (Å²) in [6.45, 7) is 5.00. The summed E-state index contributed by atoms with van der Waals surface area (Å²) < 4.78 is 0. The maximum Gasteiger partial charge on any atom is 0.255 e. The summed E-state index contributed by atoms with van der Waals surface area (Å²) in [6.07, 6.45) is 5.69. The maximum atomic E-state index is 12.7. The number of carbonyl (C=O) groups is 1. The summed E-state index contributed by atoms with van der Waals surface area (Å²) in [5.74, 6) is 5.79. The Hall–Kier alpha value is -1.86. The molecule has 4 nitrogen and oxygen atoms in total. The molecule has 0 aromatic carbocycles. The number of rotatable bonds is 2. The number of carbonyl (C=O) groups excluding carboxylic acids is 1. The van der Waals surface area contributed by atoms with Gasteiger partial charge in [0.25, 0.3) is 5.91 Å². The van der Waals surface area contributed by atoms with Gasteiger partial charge in [0.15, 0.2) is 0 Å². The number of aliphatic hydroxyl groups is 1. The zero-order chi connectivity index (χ0) is 14.6. The summed E-state index contributed by atoms with van der Waals surface area (Å²) in [5, 5.41) is 8.77. The molecule has 0 bridgehead atoms. The van der Waals surface area contributed by atoms with E-state index in [1.54, 1.807) is 18.5 Å². The van der Waals surface area contributed by atoms with Crippen LogP contribution in [0.3, 0.4) is 0 Å². The van der Waals surface area contributed by atoms with Gasteiger partial charge in [0.2, 0.25) is 0 Å². The molecule has 1 aliphatic rings. The molecule has 2 rings (SSSR count). The van der Waals surface area contributed by atoms with E-state index in [-0.39, 0.29) is 18.1 Å². The van der Waals surface area contributed by atoms with Crippen molar-refractivity contribution in [1.82, 2.24) is 9.88 Å². The monoisotopic (exact) mass is 272 g/mol. The predicted molar refractivity (Wildman–Crippen MR) is 77.2 cm³/mol. The second kappa shape index (κ2) is 6.06. The number of pyridine rings is 1. The van der Waals surface area contributed by atoms with Crippen LogP contribution in [0.5, 0.6) is 0 Å². The minimum Gasteiger partial charge on any atom is -0.395 e. The molecule has 0 aliphatic carbocycles. The predicted octanol–water partition coefficient (Wildman–Crippen LogP) is 1.83. The molecule has 106 valence electrons.